The summed E-state index contributed by atoms with van der Waals surface area (Å²) in [7, 11) is 0. The number of hydrogen-bond acceptors (Lipinski definition) is 2. The van der Waals surface area contributed by atoms with Crippen LogP contribution in [-0.2, 0) is 4.79 Å². The summed E-state index contributed by atoms with van der Waals surface area (Å²) >= 11 is 0. The van der Waals surface area contributed by atoms with Gasteiger partial charge in [0.2, 0.25) is 5.91 Å². The summed E-state index contributed by atoms with van der Waals surface area (Å²) in [6.07, 6.45) is -4.20. The smallest absolute Gasteiger partial charge is 0.352 e. The number of hydrogen-bond donors (Lipinski definition) is 2. The lowest BCUT2D eigenvalue weighted by Crippen LogP contribution is -2.49. The summed E-state index contributed by atoms with van der Waals surface area (Å²) in [5.74, 6) is -0.941. The quantitative estimate of drug-likeness (QED) is 0.740. The van der Waals surface area contributed by atoms with E-state index in [-0.39, 0.29) is 6.04 Å². The van der Waals surface area contributed by atoms with Gasteiger partial charge in [0, 0.05) is 18.6 Å². The maximum atomic E-state index is 11.8. The van der Waals surface area contributed by atoms with E-state index in [0.717, 1.165) is 12.8 Å². The first kappa shape index (κ1) is 12.3. The van der Waals surface area contributed by atoms with Gasteiger partial charge in [-0.2, -0.15) is 13.2 Å². The molecule has 88 valence electrons. The van der Waals surface area contributed by atoms with Gasteiger partial charge in [-0.1, -0.05) is 0 Å². The van der Waals surface area contributed by atoms with Crippen LogP contribution in [-0.4, -0.2) is 30.7 Å². The van der Waals surface area contributed by atoms with Crippen LogP contribution in [0, 0.1) is 0 Å². The molecule has 0 aromatic heterocycles. The highest BCUT2D eigenvalue weighted by Crippen LogP contribution is 2.19. The lowest BCUT2D eigenvalue weighted by molar-refractivity contribution is -0.154. The Morgan fingerprint density at radius 1 is 1.47 bits per heavy atom. The lowest BCUT2D eigenvalue weighted by Gasteiger charge is -2.28. The number of nitrogens with one attached hydrogen (secondary N) is 2. The van der Waals surface area contributed by atoms with Gasteiger partial charge in [-0.25, -0.2) is 0 Å². The van der Waals surface area contributed by atoms with Gasteiger partial charge in [-0.05, 0) is 19.8 Å². The fraction of sp³-hybridized carbons (Fsp3) is 0.889. The molecular formula is C9H15F3N2O. The molecule has 1 heterocycles. The van der Waals surface area contributed by atoms with Gasteiger partial charge in [0.05, 0.1) is 0 Å². The summed E-state index contributed by atoms with van der Waals surface area (Å²) in [6.45, 7) is 2.55. The van der Waals surface area contributed by atoms with Crippen LogP contribution in [0.3, 0.4) is 0 Å². The average Bonchev–Trinajstić information content (AvgIpc) is 2.05. The van der Waals surface area contributed by atoms with Gasteiger partial charge in [0.25, 0.3) is 0 Å². The van der Waals surface area contributed by atoms with Crippen LogP contribution in [0.25, 0.3) is 0 Å². The molecule has 1 amide bonds. The van der Waals surface area contributed by atoms with E-state index in [0.29, 0.717) is 12.6 Å². The van der Waals surface area contributed by atoms with Gasteiger partial charge in [-0.15, -0.1) is 0 Å². The second-order valence-corrected chi connectivity index (χ2v) is 3.94. The van der Waals surface area contributed by atoms with E-state index in [1.165, 1.54) is 0 Å². The molecule has 0 aliphatic carbocycles. The lowest BCUT2D eigenvalue weighted by atomic mass is 10.0. The predicted octanol–water partition coefficient (Wildman–Crippen LogP) is 1.20. The first-order valence-corrected chi connectivity index (χ1v) is 4.96. The normalized spacial score (nSPS) is 27.5. The molecule has 1 saturated heterocycles. The van der Waals surface area contributed by atoms with Crippen molar-refractivity contribution in [2.75, 3.05) is 6.54 Å². The molecule has 2 atom stereocenters. The van der Waals surface area contributed by atoms with Crippen molar-refractivity contribution in [1.29, 1.82) is 0 Å². The van der Waals surface area contributed by atoms with Gasteiger partial charge in [0.15, 0.2) is 0 Å². The molecule has 3 nitrogen and oxygen atoms in total. The zero-order chi connectivity index (χ0) is 11.5. The van der Waals surface area contributed by atoms with Crippen LogP contribution in [0.4, 0.5) is 13.2 Å². The molecular weight excluding hydrogens is 209 g/mol. The van der Waals surface area contributed by atoms with Crippen LogP contribution in [0.15, 0.2) is 0 Å². The highest BCUT2D eigenvalue weighted by Gasteiger charge is 2.32. The molecule has 0 aromatic rings. The van der Waals surface area contributed by atoms with E-state index in [1.54, 1.807) is 0 Å². The molecule has 0 spiro atoms. The molecule has 1 aliphatic rings. The maximum Gasteiger partial charge on any atom is 0.397 e. The van der Waals surface area contributed by atoms with Crippen molar-refractivity contribution in [1.82, 2.24) is 10.6 Å². The third-order valence-corrected chi connectivity index (χ3v) is 2.39. The van der Waals surface area contributed by atoms with E-state index in [1.807, 2.05) is 6.92 Å². The zero-order valence-corrected chi connectivity index (χ0v) is 8.53. The third-order valence-electron chi connectivity index (χ3n) is 2.39. The van der Waals surface area contributed by atoms with Crippen molar-refractivity contribution in [3.63, 3.8) is 0 Å². The van der Waals surface area contributed by atoms with Gasteiger partial charge in [-0.3, -0.25) is 4.79 Å². The Bertz CT molecular complexity index is 222. The Balaban J connectivity index is 2.27. The molecule has 0 bridgehead atoms. The number of rotatable bonds is 2. The Labute approximate surface area is 86.4 Å². The van der Waals surface area contributed by atoms with E-state index in [9.17, 15) is 18.0 Å². The SMILES string of the molecule is CC1CCC(NC(=O)CC(F)(F)F)CN1. The van der Waals surface area contributed by atoms with Crippen LogP contribution in [0.5, 0.6) is 0 Å². The zero-order valence-electron chi connectivity index (χ0n) is 8.53. The fourth-order valence-electron chi connectivity index (χ4n) is 1.58. The van der Waals surface area contributed by atoms with Crippen molar-refractivity contribution in [3.8, 4) is 0 Å². The van der Waals surface area contributed by atoms with E-state index >= 15 is 0 Å². The predicted molar refractivity (Wildman–Crippen MR) is 49.3 cm³/mol. The van der Waals surface area contributed by atoms with Crippen LogP contribution in [0.1, 0.15) is 26.2 Å². The van der Waals surface area contributed by atoms with Crippen molar-refractivity contribution < 1.29 is 18.0 Å². The minimum atomic E-state index is -4.42. The van der Waals surface area contributed by atoms with Gasteiger partial charge >= 0.3 is 6.18 Å². The Morgan fingerprint density at radius 2 is 2.13 bits per heavy atom. The van der Waals surface area contributed by atoms with Crippen LogP contribution in [0.2, 0.25) is 0 Å². The summed E-state index contributed by atoms with van der Waals surface area (Å²) in [5.41, 5.74) is 0. The summed E-state index contributed by atoms with van der Waals surface area (Å²) in [5, 5.41) is 5.48. The molecule has 1 fully saturated rings. The number of alkyl halides is 3. The molecule has 0 aromatic carbocycles. The molecule has 0 radical (unpaired) electrons. The monoisotopic (exact) mass is 224 g/mol. The second-order valence-electron chi connectivity index (χ2n) is 3.94. The minimum Gasteiger partial charge on any atom is -0.352 e. The molecule has 2 N–H and O–H groups in total. The molecule has 1 aliphatic heterocycles. The molecule has 15 heavy (non-hydrogen) atoms. The van der Waals surface area contributed by atoms with E-state index in [2.05, 4.69) is 10.6 Å². The molecule has 0 saturated carbocycles. The Morgan fingerprint density at radius 3 is 2.60 bits per heavy atom. The summed E-state index contributed by atoms with van der Waals surface area (Å²) in [4.78, 5) is 10.9. The van der Waals surface area contributed by atoms with Crippen molar-refractivity contribution in [3.05, 3.63) is 0 Å². The van der Waals surface area contributed by atoms with Crippen molar-refractivity contribution in [2.24, 2.45) is 0 Å². The van der Waals surface area contributed by atoms with Crippen LogP contribution < -0.4 is 10.6 Å². The third kappa shape index (κ3) is 5.01. The highest BCUT2D eigenvalue weighted by atomic mass is 19.4. The fourth-order valence-corrected chi connectivity index (χ4v) is 1.58. The topological polar surface area (TPSA) is 41.1 Å². The first-order valence-electron chi connectivity index (χ1n) is 4.96. The van der Waals surface area contributed by atoms with E-state index in [4.69, 9.17) is 0 Å². The number of carbonyl (C=O) groups is 1. The molecule has 2 unspecified atom stereocenters. The largest absolute Gasteiger partial charge is 0.397 e. The highest BCUT2D eigenvalue weighted by molar-refractivity contribution is 5.76. The number of amides is 1. The first-order chi connectivity index (χ1) is 6.87. The van der Waals surface area contributed by atoms with E-state index < -0.39 is 18.5 Å². The van der Waals surface area contributed by atoms with Crippen molar-refractivity contribution >= 4 is 5.91 Å². The number of piperidine rings is 1. The second kappa shape index (κ2) is 4.83. The van der Waals surface area contributed by atoms with Crippen molar-refractivity contribution in [2.45, 2.75) is 44.4 Å². The minimum absolute atomic E-state index is 0.170. The Kier molecular flexibility index (Phi) is 3.96. The number of halogens is 3. The summed E-state index contributed by atoms with van der Waals surface area (Å²) < 4.78 is 35.5. The standard InChI is InChI=1S/C9H15F3N2O/c1-6-2-3-7(5-13-6)14-8(15)4-9(10,11)12/h6-7,13H,2-5H2,1H3,(H,14,15). The Hall–Kier alpha value is -0.780. The average molecular weight is 224 g/mol. The molecule has 6 heteroatoms. The number of carbonyl (C=O) groups excluding carboxylic acids is 1. The maximum absolute atomic E-state index is 11.8. The molecule has 1 rings (SSSR count). The summed E-state index contributed by atoms with van der Waals surface area (Å²) in [6, 6.07) is 0.205. The van der Waals surface area contributed by atoms with Gasteiger partial charge < -0.3 is 10.6 Å². The van der Waals surface area contributed by atoms with Gasteiger partial charge in [0.1, 0.15) is 6.42 Å². The van der Waals surface area contributed by atoms with Crippen LogP contribution >= 0.6 is 0 Å².